The van der Waals surface area contributed by atoms with E-state index in [1.165, 1.54) is 11.1 Å². The largest absolute Gasteiger partial charge is 0.337 e. The molecule has 5 nitrogen and oxygen atoms in total. The number of carbonyl (C=O) groups excluding carboxylic acids is 1. The quantitative estimate of drug-likeness (QED) is 0.646. The van der Waals surface area contributed by atoms with Crippen molar-refractivity contribution >= 4 is 5.91 Å². The molecular formula is C25H30N4O. The first-order valence-corrected chi connectivity index (χ1v) is 10.7. The lowest BCUT2D eigenvalue weighted by Crippen LogP contribution is -2.46. The standard InChI is InChI=1S/C25H30N4O/c1-19-18-23(26-28(19)3)25(30)27(2)22-14-16-29(17-15-22)24(20-10-6-4-7-11-20)21-12-8-5-9-13-21/h4-13,18,22,24H,14-17H2,1-3H3. The highest BCUT2D eigenvalue weighted by atomic mass is 16.2. The predicted octanol–water partition coefficient (Wildman–Crippen LogP) is 4.05. The Morgan fingerprint density at radius 1 is 1.00 bits per heavy atom. The first-order valence-electron chi connectivity index (χ1n) is 10.7. The van der Waals surface area contributed by atoms with Gasteiger partial charge in [-0.05, 0) is 37.0 Å². The van der Waals surface area contributed by atoms with Crippen molar-refractivity contribution in [1.29, 1.82) is 0 Å². The smallest absolute Gasteiger partial charge is 0.274 e. The number of aromatic nitrogens is 2. The van der Waals surface area contributed by atoms with Crippen molar-refractivity contribution < 1.29 is 4.79 Å². The Morgan fingerprint density at radius 3 is 2.00 bits per heavy atom. The van der Waals surface area contributed by atoms with Gasteiger partial charge in [0, 0.05) is 38.9 Å². The molecule has 0 bridgehead atoms. The van der Waals surface area contributed by atoms with E-state index in [-0.39, 0.29) is 18.0 Å². The van der Waals surface area contributed by atoms with Crippen LogP contribution in [-0.4, -0.2) is 51.7 Å². The topological polar surface area (TPSA) is 41.4 Å². The Labute approximate surface area is 178 Å². The molecule has 2 aromatic carbocycles. The van der Waals surface area contributed by atoms with Crippen LogP contribution in [0.1, 0.15) is 46.2 Å². The molecule has 0 aliphatic carbocycles. The number of benzene rings is 2. The lowest BCUT2D eigenvalue weighted by Gasteiger charge is -2.40. The third-order valence-corrected chi connectivity index (χ3v) is 6.30. The molecule has 5 heteroatoms. The summed E-state index contributed by atoms with van der Waals surface area (Å²) in [6.07, 6.45) is 1.93. The first kappa shape index (κ1) is 20.4. The second-order valence-electron chi connectivity index (χ2n) is 8.20. The molecule has 1 aliphatic rings. The number of aryl methyl sites for hydroxylation is 2. The minimum atomic E-state index is 0.0137. The van der Waals surface area contributed by atoms with E-state index in [9.17, 15) is 4.79 Å². The van der Waals surface area contributed by atoms with Crippen LogP contribution in [0.25, 0.3) is 0 Å². The molecule has 1 fully saturated rings. The van der Waals surface area contributed by atoms with Crippen LogP contribution in [0.4, 0.5) is 0 Å². The van der Waals surface area contributed by atoms with Crippen LogP contribution < -0.4 is 0 Å². The van der Waals surface area contributed by atoms with Gasteiger partial charge in [-0.15, -0.1) is 0 Å². The summed E-state index contributed by atoms with van der Waals surface area (Å²) in [5, 5.41) is 4.36. The molecule has 2 heterocycles. The van der Waals surface area contributed by atoms with Crippen LogP contribution in [0, 0.1) is 6.92 Å². The normalized spacial score (nSPS) is 15.5. The second kappa shape index (κ2) is 8.84. The van der Waals surface area contributed by atoms with Crippen molar-refractivity contribution in [2.24, 2.45) is 7.05 Å². The van der Waals surface area contributed by atoms with Crippen LogP contribution >= 0.6 is 0 Å². The number of hydrogen-bond acceptors (Lipinski definition) is 3. The van der Waals surface area contributed by atoms with Crippen molar-refractivity contribution in [3.63, 3.8) is 0 Å². The highest BCUT2D eigenvalue weighted by molar-refractivity contribution is 5.92. The molecule has 0 saturated carbocycles. The summed E-state index contributed by atoms with van der Waals surface area (Å²) >= 11 is 0. The van der Waals surface area contributed by atoms with Gasteiger partial charge in [0.15, 0.2) is 5.69 Å². The van der Waals surface area contributed by atoms with Gasteiger partial charge in [0.05, 0.1) is 6.04 Å². The zero-order valence-electron chi connectivity index (χ0n) is 18.0. The molecule has 156 valence electrons. The van der Waals surface area contributed by atoms with Crippen molar-refractivity contribution in [1.82, 2.24) is 19.6 Å². The number of nitrogens with zero attached hydrogens (tertiary/aromatic N) is 4. The molecule has 1 amide bonds. The van der Waals surface area contributed by atoms with E-state index < -0.39 is 0 Å². The van der Waals surface area contributed by atoms with Gasteiger partial charge >= 0.3 is 0 Å². The van der Waals surface area contributed by atoms with Gasteiger partial charge in [-0.1, -0.05) is 60.7 Å². The summed E-state index contributed by atoms with van der Waals surface area (Å²) < 4.78 is 1.76. The monoisotopic (exact) mass is 402 g/mol. The van der Waals surface area contributed by atoms with Gasteiger partial charge < -0.3 is 4.90 Å². The molecule has 3 aromatic rings. The van der Waals surface area contributed by atoms with Gasteiger partial charge in [-0.25, -0.2) is 0 Å². The fraction of sp³-hybridized carbons (Fsp3) is 0.360. The summed E-state index contributed by atoms with van der Waals surface area (Å²) in [5.41, 5.74) is 4.16. The summed E-state index contributed by atoms with van der Waals surface area (Å²) in [4.78, 5) is 17.3. The molecular weight excluding hydrogens is 372 g/mol. The Morgan fingerprint density at radius 2 is 1.53 bits per heavy atom. The van der Waals surface area contributed by atoms with Crippen molar-refractivity contribution in [3.8, 4) is 0 Å². The molecule has 0 N–H and O–H groups in total. The van der Waals surface area contributed by atoms with E-state index in [1.54, 1.807) is 4.68 Å². The van der Waals surface area contributed by atoms with Crippen molar-refractivity contribution in [2.45, 2.75) is 31.8 Å². The van der Waals surface area contributed by atoms with E-state index in [0.717, 1.165) is 31.6 Å². The number of amides is 1. The van der Waals surface area contributed by atoms with Crippen LogP contribution in [0.2, 0.25) is 0 Å². The van der Waals surface area contributed by atoms with E-state index in [2.05, 4.69) is 70.7 Å². The Balaban J connectivity index is 1.47. The van der Waals surface area contributed by atoms with E-state index in [1.807, 2.05) is 32.0 Å². The van der Waals surface area contributed by atoms with Crippen LogP contribution in [0.15, 0.2) is 66.7 Å². The third kappa shape index (κ3) is 4.17. The van der Waals surface area contributed by atoms with Crippen molar-refractivity contribution in [2.75, 3.05) is 20.1 Å². The van der Waals surface area contributed by atoms with Crippen LogP contribution in [-0.2, 0) is 7.05 Å². The summed E-state index contributed by atoms with van der Waals surface area (Å²) in [7, 11) is 3.79. The van der Waals surface area contributed by atoms with Gasteiger partial charge in [0.25, 0.3) is 5.91 Å². The maximum atomic E-state index is 12.9. The summed E-state index contributed by atoms with van der Waals surface area (Å²) in [5.74, 6) is 0.0137. The number of likely N-dealkylation sites (tertiary alicyclic amines) is 1. The summed E-state index contributed by atoms with van der Waals surface area (Å²) in [6.45, 7) is 3.88. The molecule has 4 rings (SSSR count). The Kier molecular flexibility index (Phi) is 6.00. The summed E-state index contributed by atoms with van der Waals surface area (Å²) in [6, 6.07) is 23.8. The van der Waals surface area contributed by atoms with E-state index in [0.29, 0.717) is 5.69 Å². The molecule has 1 aliphatic heterocycles. The van der Waals surface area contributed by atoms with Crippen molar-refractivity contribution in [3.05, 3.63) is 89.2 Å². The highest BCUT2D eigenvalue weighted by Crippen LogP contribution is 2.32. The average Bonchev–Trinajstić information content (AvgIpc) is 3.13. The molecule has 30 heavy (non-hydrogen) atoms. The number of hydrogen-bond donors (Lipinski definition) is 0. The average molecular weight is 403 g/mol. The molecule has 1 aromatic heterocycles. The number of carbonyl (C=O) groups is 1. The fourth-order valence-corrected chi connectivity index (χ4v) is 4.43. The number of piperidine rings is 1. The van der Waals surface area contributed by atoms with Gasteiger partial charge in [0.2, 0.25) is 0 Å². The second-order valence-corrected chi connectivity index (χ2v) is 8.20. The zero-order valence-corrected chi connectivity index (χ0v) is 18.0. The first-order chi connectivity index (χ1) is 14.5. The number of rotatable bonds is 5. The van der Waals surface area contributed by atoms with E-state index in [4.69, 9.17) is 0 Å². The fourth-order valence-electron chi connectivity index (χ4n) is 4.43. The van der Waals surface area contributed by atoms with Gasteiger partial charge in [0.1, 0.15) is 0 Å². The molecule has 0 radical (unpaired) electrons. The van der Waals surface area contributed by atoms with Crippen LogP contribution in [0.5, 0.6) is 0 Å². The maximum Gasteiger partial charge on any atom is 0.274 e. The molecule has 0 atom stereocenters. The Bertz CT molecular complexity index is 916. The van der Waals surface area contributed by atoms with Crippen LogP contribution in [0.3, 0.4) is 0 Å². The van der Waals surface area contributed by atoms with E-state index >= 15 is 0 Å². The molecule has 0 spiro atoms. The minimum absolute atomic E-state index is 0.0137. The maximum absolute atomic E-state index is 12.9. The molecule has 0 unspecified atom stereocenters. The lowest BCUT2D eigenvalue weighted by molar-refractivity contribution is 0.0609. The minimum Gasteiger partial charge on any atom is -0.337 e. The highest BCUT2D eigenvalue weighted by Gasteiger charge is 2.31. The van der Waals surface area contributed by atoms with Gasteiger partial charge in [-0.3, -0.25) is 14.4 Å². The zero-order chi connectivity index (χ0) is 21.1. The van der Waals surface area contributed by atoms with Gasteiger partial charge in [-0.2, -0.15) is 5.10 Å². The molecule has 1 saturated heterocycles. The Hall–Kier alpha value is -2.92. The predicted molar refractivity (Wildman–Crippen MR) is 119 cm³/mol. The lowest BCUT2D eigenvalue weighted by atomic mass is 9.93. The third-order valence-electron chi connectivity index (χ3n) is 6.30. The SMILES string of the molecule is Cc1cc(C(=O)N(C)C2CCN(C(c3ccccc3)c3ccccc3)CC2)nn1C.